The second-order valence-electron chi connectivity index (χ2n) is 4.07. The maximum Gasteiger partial charge on any atom is 0.124 e. The number of benzene rings is 1. The van der Waals surface area contributed by atoms with Gasteiger partial charge >= 0.3 is 0 Å². The zero-order chi connectivity index (χ0) is 10.1. The van der Waals surface area contributed by atoms with Crippen molar-refractivity contribution in [3.8, 4) is 0 Å². The molecular formula is C13H13NO. The lowest BCUT2D eigenvalue weighted by Gasteiger charge is -2.23. The van der Waals surface area contributed by atoms with Crippen molar-refractivity contribution in [1.82, 2.24) is 5.16 Å². The first-order valence-electron chi connectivity index (χ1n) is 5.43. The van der Waals surface area contributed by atoms with Crippen LogP contribution in [0.25, 0.3) is 0 Å². The van der Waals surface area contributed by atoms with E-state index < -0.39 is 0 Å². The lowest BCUT2D eigenvalue weighted by Crippen LogP contribution is -2.10. The van der Waals surface area contributed by atoms with Crippen LogP contribution in [0.15, 0.2) is 41.1 Å². The maximum atomic E-state index is 4.93. The van der Waals surface area contributed by atoms with Crippen LogP contribution in [0, 0.1) is 0 Å². The molecule has 76 valence electrons. The molecule has 1 aliphatic rings. The van der Waals surface area contributed by atoms with Gasteiger partial charge in [0.05, 0.1) is 5.69 Å². The highest BCUT2D eigenvalue weighted by Crippen LogP contribution is 2.35. The number of aromatic nitrogens is 1. The van der Waals surface area contributed by atoms with Crippen LogP contribution in [-0.2, 0) is 6.42 Å². The van der Waals surface area contributed by atoms with Gasteiger partial charge in [0.1, 0.15) is 6.26 Å². The van der Waals surface area contributed by atoms with Crippen LogP contribution >= 0.6 is 0 Å². The summed E-state index contributed by atoms with van der Waals surface area (Å²) >= 11 is 0. The smallest absolute Gasteiger partial charge is 0.124 e. The van der Waals surface area contributed by atoms with Crippen molar-refractivity contribution in [1.29, 1.82) is 0 Å². The molecule has 0 bridgehead atoms. The number of hydrogen-bond acceptors (Lipinski definition) is 2. The fourth-order valence-corrected chi connectivity index (χ4v) is 2.46. The molecule has 0 spiro atoms. The van der Waals surface area contributed by atoms with Gasteiger partial charge < -0.3 is 4.52 Å². The van der Waals surface area contributed by atoms with E-state index in [1.807, 2.05) is 6.07 Å². The predicted octanol–water partition coefficient (Wildman–Crippen LogP) is 3.14. The Bertz CT molecular complexity index is 447. The van der Waals surface area contributed by atoms with Crippen molar-refractivity contribution in [2.75, 3.05) is 0 Å². The molecule has 1 heterocycles. The lowest BCUT2D eigenvalue weighted by atomic mass is 9.81. The first-order chi connectivity index (χ1) is 7.45. The molecule has 1 unspecified atom stereocenters. The van der Waals surface area contributed by atoms with E-state index in [9.17, 15) is 0 Å². The van der Waals surface area contributed by atoms with Crippen LogP contribution in [0.2, 0.25) is 0 Å². The van der Waals surface area contributed by atoms with E-state index in [1.165, 1.54) is 30.4 Å². The van der Waals surface area contributed by atoms with Crippen LogP contribution in [0.3, 0.4) is 0 Å². The van der Waals surface area contributed by atoms with Gasteiger partial charge in [-0.2, -0.15) is 0 Å². The van der Waals surface area contributed by atoms with E-state index in [0.717, 1.165) is 5.69 Å². The first-order valence-corrected chi connectivity index (χ1v) is 5.43. The largest absolute Gasteiger partial charge is 0.364 e. The minimum atomic E-state index is 0.439. The summed E-state index contributed by atoms with van der Waals surface area (Å²) in [5, 5.41) is 4.06. The second-order valence-corrected chi connectivity index (χ2v) is 4.07. The van der Waals surface area contributed by atoms with Crippen LogP contribution in [0.1, 0.15) is 35.6 Å². The van der Waals surface area contributed by atoms with Crippen molar-refractivity contribution in [2.45, 2.75) is 25.2 Å². The van der Waals surface area contributed by atoms with Gasteiger partial charge in [0.15, 0.2) is 0 Å². The SMILES string of the molecule is c1ccc2c(c1)CCCC2c1ccon1. The molecular weight excluding hydrogens is 186 g/mol. The molecule has 1 atom stereocenters. The Kier molecular flexibility index (Phi) is 2.05. The maximum absolute atomic E-state index is 4.93. The molecule has 2 aromatic rings. The van der Waals surface area contributed by atoms with Crippen molar-refractivity contribution >= 4 is 0 Å². The normalized spacial score (nSPS) is 19.9. The Labute approximate surface area is 88.9 Å². The van der Waals surface area contributed by atoms with Gasteiger partial charge in [0.25, 0.3) is 0 Å². The van der Waals surface area contributed by atoms with Gasteiger partial charge in [0.2, 0.25) is 0 Å². The Morgan fingerprint density at radius 3 is 3.00 bits per heavy atom. The second kappa shape index (κ2) is 3.54. The van der Waals surface area contributed by atoms with Crippen LogP contribution < -0.4 is 0 Å². The van der Waals surface area contributed by atoms with Gasteiger partial charge in [-0.25, -0.2) is 0 Å². The van der Waals surface area contributed by atoms with E-state index in [-0.39, 0.29) is 0 Å². The molecule has 0 amide bonds. The van der Waals surface area contributed by atoms with Crippen LogP contribution in [-0.4, -0.2) is 5.16 Å². The van der Waals surface area contributed by atoms with Gasteiger partial charge in [-0.15, -0.1) is 0 Å². The van der Waals surface area contributed by atoms with Crippen LogP contribution in [0.5, 0.6) is 0 Å². The monoisotopic (exact) mass is 199 g/mol. The molecule has 3 rings (SSSR count). The summed E-state index contributed by atoms with van der Waals surface area (Å²) in [7, 11) is 0. The van der Waals surface area contributed by atoms with Crippen molar-refractivity contribution in [3.05, 3.63) is 53.4 Å². The summed E-state index contributed by atoms with van der Waals surface area (Å²) in [4.78, 5) is 0. The van der Waals surface area contributed by atoms with E-state index in [4.69, 9.17) is 4.52 Å². The zero-order valence-corrected chi connectivity index (χ0v) is 8.52. The van der Waals surface area contributed by atoms with Gasteiger partial charge in [-0.1, -0.05) is 29.4 Å². The fourth-order valence-electron chi connectivity index (χ4n) is 2.46. The van der Waals surface area contributed by atoms with Gasteiger partial charge in [-0.3, -0.25) is 0 Å². The molecule has 2 nitrogen and oxygen atoms in total. The topological polar surface area (TPSA) is 26.0 Å². The molecule has 0 N–H and O–H groups in total. The highest BCUT2D eigenvalue weighted by Gasteiger charge is 2.22. The Hall–Kier alpha value is -1.57. The van der Waals surface area contributed by atoms with Gasteiger partial charge in [0, 0.05) is 12.0 Å². The van der Waals surface area contributed by atoms with E-state index in [0.29, 0.717) is 5.92 Å². The van der Waals surface area contributed by atoms with Gasteiger partial charge in [-0.05, 0) is 30.4 Å². The standard InChI is InChI=1S/C13H13NO/c1-2-6-11-10(4-1)5-3-7-12(11)13-8-9-15-14-13/h1-2,4,6,8-9,12H,3,5,7H2. The zero-order valence-electron chi connectivity index (χ0n) is 8.52. The predicted molar refractivity (Wildman–Crippen MR) is 57.7 cm³/mol. The molecule has 0 saturated heterocycles. The first kappa shape index (κ1) is 8.72. The average molecular weight is 199 g/mol. The van der Waals surface area contributed by atoms with E-state index in [2.05, 4.69) is 29.4 Å². The molecule has 0 aliphatic heterocycles. The molecule has 0 fully saturated rings. The Balaban J connectivity index is 2.06. The number of rotatable bonds is 1. The number of aryl methyl sites for hydroxylation is 1. The minimum Gasteiger partial charge on any atom is -0.364 e. The molecule has 0 radical (unpaired) electrons. The average Bonchev–Trinajstić information content (AvgIpc) is 2.82. The van der Waals surface area contributed by atoms with E-state index in [1.54, 1.807) is 6.26 Å². The molecule has 15 heavy (non-hydrogen) atoms. The number of hydrogen-bond donors (Lipinski definition) is 0. The third-order valence-electron chi connectivity index (χ3n) is 3.18. The highest BCUT2D eigenvalue weighted by atomic mass is 16.5. The summed E-state index contributed by atoms with van der Waals surface area (Å²) in [5.74, 6) is 0.439. The molecule has 1 aromatic carbocycles. The Morgan fingerprint density at radius 1 is 1.20 bits per heavy atom. The third-order valence-corrected chi connectivity index (χ3v) is 3.18. The third kappa shape index (κ3) is 1.46. The summed E-state index contributed by atoms with van der Waals surface area (Å²) in [5.41, 5.74) is 3.97. The summed E-state index contributed by atoms with van der Waals surface area (Å²) < 4.78 is 4.93. The molecule has 1 aliphatic carbocycles. The number of fused-ring (bicyclic) bond motifs is 1. The molecule has 1 aromatic heterocycles. The molecule has 2 heteroatoms. The van der Waals surface area contributed by atoms with Crippen molar-refractivity contribution < 1.29 is 4.52 Å². The summed E-state index contributed by atoms with van der Waals surface area (Å²) in [6.07, 6.45) is 5.29. The number of nitrogens with zero attached hydrogens (tertiary/aromatic N) is 1. The molecule has 0 saturated carbocycles. The Morgan fingerprint density at radius 2 is 2.13 bits per heavy atom. The van der Waals surface area contributed by atoms with Crippen molar-refractivity contribution in [2.24, 2.45) is 0 Å². The minimum absolute atomic E-state index is 0.439. The van der Waals surface area contributed by atoms with Crippen LogP contribution in [0.4, 0.5) is 0 Å². The quantitative estimate of drug-likeness (QED) is 0.705. The van der Waals surface area contributed by atoms with Crippen molar-refractivity contribution in [3.63, 3.8) is 0 Å². The lowest BCUT2D eigenvalue weighted by molar-refractivity contribution is 0.404. The fraction of sp³-hybridized carbons (Fsp3) is 0.308. The summed E-state index contributed by atoms with van der Waals surface area (Å²) in [6, 6.07) is 10.6. The summed E-state index contributed by atoms with van der Waals surface area (Å²) in [6.45, 7) is 0. The highest BCUT2D eigenvalue weighted by molar-refractivity contribution is 5.37. The van der Waals surface area contributed by atoms with E-state index >= 15 is 0 Å².